The lowest BCUT2D eigenvalue weighted by atomic mass is 10.1. The number of rotatable bonds is 2. The topological polar surface area (TPSA) is 69.6 Å². The van der Waals surface area contributed by atoms with Crippen LogP contribution in [-0.4, -0.2) is 16.1 Å². The summed E-state index contributed by atoms with van der Waals surface area (Å²) in [5, 5.41) is 22.1. The van der Waals surface area contributed by atoms with Gasteiger partial charge in [0.1, 0.15) is 11.5 Å². The quantitative estimate of drug-likeness (QED) is 0.732. The number of nitrogens with one attached hydrogen (secondary N) is 1. The second-order valence-corrected chi connectivity index (χ2v) is 5.48. The number of carbonyl (C=O) groups is 1. The second-order valence-electron chi connectivity index (χ2n) is 4.57. The molecule has 0 fully saturated rings. The average Bonchev–Trinajstić information content (AvgIpc) is 2.38. The maximum atomic E-state index is 12.2. The van der Waals surface area contributed by atoms with Gasteiger partial charge in [-0.25, -0.2) is 0 Å². The van der Waals surface area contributed by atoms with E-state index < -0.39 is 5.91 Å². The van der Waals surface area contributed by atoms with Crippen molar-refractivity contribution in [2.45, 2.75) is 13.8 Å². The van der Waals surface area contributed by atoms with Gasteiger partial charge >= 0.3 is 0 Å². The smallest absolute Gasteiger partial charge is 0.259 e. The molecule has 0 aliphatic heterocycles. The third-order valence-electron chi connectivity index (χ3n) is 2.99. The Hall–Kier alpha value is -2.01. The van der Waals surface area contributed by atoms with E-state index in [4.69, 9.17) is 0 Å². The molecule has 2 rings (SSSR count). The fraction of sp³-hybridized carbons (Fsp3) is 0.133. The molecule has 0 aromatic heterocycles. The third-order valence-corrected chi connectivity index (χ3v) is 3.49. The van der Waals surface area contributed by atoms with E-state index in [0.717, 1.165) is 5.56 Å². The van der Waals surface area contributed by atoms with Gasteiger partial charge in [0.25, 0.3) is 5.91 Å². The second kappa shape index (κ2) is 5.54. The monoisotopic (exact) mass is 335 g/mol. The number of aryl methyl sites for hydroxylation is 2. The van der Waals surface area contributed by atoms with Crippen LogP contribution in [0.25, 0.3) is 0 Å². The molecule has 104 valence electrons. The molecule has 5 heteroatoms. The number of phenolic OH excluding ortho intramolecular Hbond substituents is 2. The predicted octanol–water partition coefficient (Wildman–Crippen LogP) is 3.73. The van der Waals surface area contributed by atoms with Crippen molar-refractivity contribution < 1.29 is 15.0 Å². The Balaban J connectivity index is 2.32. The van der Waals surface area contributed by atoms with Crippen molar-refractivity contribution >= 4 is 27.5 Å². The molecule has 0 radical (unpaired) electrons. The molecule has 0 spiro atoms. The number of hydrogen-bond donors (Lipinski definition) is 3. The van der Waals surface area contributed by atoms with E-state index in [1.54, 1.807) is 38.1 Å². The molecule has 0 bridgehead atoms. The minimum absolute atomic E-state index is 0.0844. The fourth-order valence-corrected chi connectivity index (χ4v) is 2.18. The molecule has 20 heavy (non-hydrogen) atoms. The minimum atomic E-state index is -0.406. The lowest BCUT2D eigenvalue weighted by Crippen LogP contribution is -2.13. The summed E-state index contributed by atoms with van der Waals surface area (Å²) in [6.45, 7) is 3.54. The molecule has 0 saturated carbocycles. The highest BCUT2D eigenvalue weighted by atomic mass is 79.9. The zero-order valence-electron chi connectivity index (χ0n) is 11.1. The van der Waals surface area contributed by atoms with Crippen LogP contribution in [-0.2, 0) is 0 Å². The Labute approximate surface area is 125 Å². The van der Waals surface area contributed by atoms with Gasteiger partial charge in [-0.1, -0.05) is 15.9 Å². The highest BCUT2D eigenvalue weighted by molar-refractivity contribution is 9.10. The molecule has 3 N–H and O–H groups in total. The van der Waals surface area contributed by atoms with Crippen molar-refractivity contribution in [3.05, 3.63) is 51.5 Å². The average molecular weight is 336 g/mol. The van der Waals surface area contributed by atoms with E-state index in [0.29, 0.717) is 15.7 Å². The van der Waals surface area contributed by atoms with Crippen LogP contribution < -0.4 is 5.32 Å². The summed E-state index contributed by atoms with van der Waals surface area (Å²) in [5.41, 5.74) is 2.20. The van der Waals surface area contributed by atoms with Gasteiger partial charge < -0.3 is 15.5 Å². The first kappa shape index (κ1) is 14.4. The fourth-order valence-electron chi connectivity index (χ4n) is 1.82. The minimum Gasteiger partial charge on any atom is -0.508 e. The largest absolute Gasteiger partial charge is 0.508 e. The van der Waals surface area contributed by atoms with E-state index in [-0.39, 0.29) is 17.1 Å². The van der Waals surface area contributed by atoms with Crippen LogP contribution in [0.3, 0.4) is 0 Å². The lowest BCUT2D eigenvalue weighted by molar-refractivity contribution is 0.102. The summed E-state index contributed by atoms with van der Waals surface area (Å²) in [7, 11) is 0. The molecule has 2 aromatic rings. The van der Waals surface area contributed by atoms with Crippen LogP contribution in [0.15, 0.2) is 34.8 Å². The highest BCUT2D eigenvalue weighted by Gasteiger charge is 2.13. The van der Waals surface area contributed by atoms with E-state index in [2.05, 4.69) is 21.2 Å². The number of hydrogen-bond acceptors (Lipinski definition) is 3. The Morgan fingerprint density at radius 2 is 1.75 bits per heavy atom. The van der Waals surface area contributed by atoms with Gasteiger partial charge in [0.05, 0.1) is 5.56 Å². The molecule has 0 heterocycles. The summed E-state index contributed by atoms with van der Waals surface area (Å²) in [6, 6.07) is 7.94. The molecule has 4 nitrogen and oxygen atoms in total. The van der Waals surface area contributed by atoms with Crippen LogP contribution >= 0.6 is 15.9 Å². The van der Waals surface area contributed by atoms with Gasteiger partial charge in [-0.3, -0.25) is 4.79 Å². The molecule has 0 saturated heterocycles. The third kappa shape index (κ3) is 2.93. The van der Waals surface area contributed by atoms with E-state index >= 15 is 0 Å². The van der Waals surface area contributed by atoms with Crippen molar-refractivity contribution in [2.75, 3.05) is 5.32 Å². The van der Waals surface area contributed by atoms with Gasteiger partial charge in [-0.15, -0.1) is 0 Å². The molecule has 1 amide bonds. The van der Waals surface area contributed by atoms with Crippen LogP contribution in [0.5, 0.6) is 11.5 Å². The Morgan fingerprint density at radius 3 is 2.45 bits per heavy atom. The number of halogens is 1. The maximum Gasteiger partial charge on any atom is 0.259 e. The van der Waals surface area contributed by atoms with Crippen molar-refractivity contribution in [1.82, 2.24) is 0 Å². The predicted molar refractivity (Wildman–Crippen MR) is 81.3 cm³/mol. The first-order valence-electron chi connectivity index (χ1n) is 5.98. The van der Waals surface area contributed by atoms with Gasteiger partial charge in [0, 0.05) is 10.2 Å². The molecule has 0 aliphatic rings. The van der Waals surface area contributed by atoms with Gasteiger partial charge in [0.15, 0.2) is 0 Å². The van der Waals surface area contributed by atoms with Crippen molar-refractivity contribution in [2.24, 2.45) is 0 Å². The molecule has 0 atom stereocenters. The summed E-state index contributed by atoms with van der Waals surface area (Å²) in [6.07, 6.45) is 0. The van der Waals surface area contributed by atoms with E-state index in [1.807, 2.05) is 0 Å². The summed E-state index contributed by atoms with van der Waals surface area (Å²) >= 11 is 3.26. The Morgan fingerprint density at radius 1 is 1.05 bits per heavy atom. The van der Waals surface area contributed by atoms with Crippen molar-refractivity contribution in [3.63, 3.8) is 0 Å². The Bertz CT molecular complexity index is 683. The van der Waals surface area contributed by atoms with Crippen molar-refractivity contribution in [3.8, 4) is 11.5 Å². The van der Waals surface area contributed by atoms with E-state index in [9.17, 15) is 15.0 Å². The van der Waals surface area contributed by atoms with Gasteiger partial charge in [-0.05, 0) is 55.3 Å². The van der Waals surface area contributed by atoms with Crippen LogP contribution in [0.1, 0.15) is 21.5 Å². The number of amides is 1. The SMILES string of the molecule is Cc1cc(NC(=O)c2cc(Br)ccc2O)c(C)cc1O. The van der Waals surface area contributed by atoms with Crippen LogP contribution in [0.4, 0.5) is 5.69 Å². The van der Waals surface area contributed by atoms with Gasteiger partial charge in [-0.2, -0.15) is 0 Å². The number of phenols is 2. The summed E-state index contributed by atoms with van der Waals surface area (Å²) in [5.74, 6) is -0.304. The number of carbonyl (C=O) groups excluding carboxylic acids is 1. The molecular weight excluding hydrogens is 322 g/mol. The summed E-state index contributed by atoms with van der Waals surface area (Å²) < 4.78 is 0.707. The van der Waals surface area contributed by atoms with Gasteiger partial charge in [0.2, 0.25) is 0 Å². The lowest BCUT2D eigenvalue weighted by Gasteiger charge is -2.11. The molecule has 0 unspecified atom stereocenters. The number of anilines is 1. The molecule has 2 aromatic carbocycles. The zero-order chi connectivity index (χ0) is 14.9. The standard InChI is InChI=1S/C15H14BrNO3/c1-8-6-14(19)9(2)5-12(8)17-15(20)11-7-10(16)3-4-13(11)18/h3-7,18-19H,1-2H3,(H,17,20). The molecular formula is C15H14BrNO3. The normalized spacial score (nSPS) is 10.3. The van der Waals surface area contributed by atoms with Crippen molar-refractivity contribution in [1.29, 1.82) is 0 Å². The molecule has 0 aliphatic carbocycles. The Kier molecular flexibility index (Phi) is 3.99. The first-order chi connectivity index (χ1) is 9.38. The maximum absolute atomic E-state index is 12.2. The number of aromatic hydroxyl groups is 2. The van der Waals surface area contributed by atoms with Crippen LogP contribution in [0.2, 0.25) is 0 Å². The summed E-state index contributed by atoms with van der Waals surface area (Å²) in [4.78, 5) is 12.2. The van der Waals surface area contributed by atoms with E-state index in [1.165, 1.54) is 6.07 Å². The zero-order valence-corrected chi connectivity index (χ0v) is 12.7. The first-order valence-corrected chi connectivity index (χ1v) is 6.78. The van der Waals surface area contributed by atoms with Crippen LogP contribution in [0, 0.1) is 13.8 Å². The highest BCUT2D eigenvalue weighted by Crippen LogP contribution is 2.27. The number of benzene rings is 2.